The van der Waals surface area contributed by atoms with Crippen LogP contribution >= 0.6 is 0 Å². The number of hydrogen-bond acceptors (Lipinski definition) is 3. The Morgan fingerprint density at radius 1 is 1.08 bits per heavy atom. The lowest BCUT2D eigenvalue weighted by Crippen LogP contribution is -2.51. The van der Waals surface area contributed by atoms with E-state index in [4.69, 9.17) is 0 Å². The fourth-order valence-electron chi connectivity index (χ4n) is 3.18. The van der Waals surface area contributed by atoms with Gasteiger partial charge in [0.25, 0.3) is 5.91 Å². The van der Waals surface area contributed by atoms with Crippen molar-refractivity contribution in [1.82, 2.24) is 19.4 Å². The van der Waals surface area contributed by atoms with Gasteiger partial charge in [-0.1, -0.05) is 20.8 Å². The van der Waals surface area contributed by atoms with E-state index in [2.05, 4.69) is 25.8 Å². The maximum absolute atomic E-state index is 12.7. The van der Waals surface area contributed by atoms with Crippen molar-refractivity contribution < 1.29 is 9.59 Å². The van der Waals surface area contributed by atoms with Crippen LogP contribution in [0.3, 0.4) is 0 Å². The van der Waals surface area contributed by atoms with Gasteiger partial charge in [-0.25, -0.2) is 4.98 Å². The second-order valence-corrected chi connectivity index (χ2v) is 7.97. The zero-order chi connectivity index (χ0) is 18.2. The molecule has 1 aliphatic heterocycles. The summed E-state index contributed by atoms with van der Waals surface area (Å²) in [5.74, 6) is 0.185. The van der Waals surface area contributed by atoms with Gasteiger partial charge in [0.15, 0.2) is 0 Å². The van der Waals surface area contributed by atoms with E-state index in [0.717, 1.165) is 11.0 Å². The molecule has 25 heavy (non-hydrogen) atoms. The number of carbonyl (C=O) groups excluding carboxylic acids is 2. The molecule has 134 valence electrons. The summed E-state index contributed by atoms with van der Waals surface area (Å²) >= 11 is 0. The van der Waals surface area contributed by atoms with Gasteiger partial charge in [-0.05, 0) is 23.6 Å². The highest BCUT2D eigenvalue weighted by molar-refractivity contribution is 5.97. The van der Waals surface area contributed by atoms with Crippen molar-refractivity contribution in [1.29, 1.82) is 0 Å². The van der Waals surface area contributed by atoms with Crippen molar-refractivity contribution in [2.45, 2.75) is 27.2 Å². The third kappa shape index (κ3) is 3.83. The van der Waals surface area contributed by atoms with E-state index in [1.807, 2.05) is 39.6 Å². The van der Waals surface area contributed by atoms with Crippen LogP contribution in [0.1, 0.15) is 37.6 Å². The molecule has 1 aromatic carbocycles. The van der Waals surface area contributed by atoms with Crippen LogP contribution in [0.2, 0.25) is 0 Å². The van der Waals surface area contributed by atoms with E-state index in [0.29, 0.717) is 38.2 Å². The summed E-state index contributed by atoms with van der Waals surface area (Å²) in [6, 6.07) is 5.62. The number of hydrogen-bond donors (Lipinski definition) is 0. The first-order chi connectivity index (χ1) is 11.7. The smallest absolute Gasteiger partial charge is 0.254 e. The standard InChI is InChI=1S/C19H26N4O2/c1-19(2,3)12-17(24)22-7-9-23(10-8-22)18(25)14-5-6-16-15(11-14)20-13-21(16)4/h5-6,11,13H,7-10,12H2,1-4H3. The van der Waals surface area contributed by atoms with Crippen LogP contribution in [0.5, 0.6) is 0 Å². The van der Waals surface area contributed by atoms with Crippen molar-refractivity contribution in [3.05, 3.63) is 30.1 Å². The van der Waals surface area contributed by atoms with Gasteiger partial charge in [-0.15, -0.1) is 0 Å². The molecule has 0 spiro atoms. The Kier molecular flexibility index (Phi) is 4.54. The van der Waals surface area contributed by atoms with Crippen LogP contribution in [-0.2, 0) is 11.8 Å². The van der Waals surface area contributed by atoms with Crippen molar-refractivity contribution in [2.24, 2.45) is 12.5 Å². The second kappa shape index (κ2) is 6.50. The van der Waals surface area contributed by atoms with Crippen molar-refractivity contribution in [3.8, 4) is 0 Å². The highest BCUT2D eigenvalue weighted by atomic mass is 16.2. The Bertz CT molecular complexity index is 795. The molecule has 0 atom stereocenters. The first-order valence-electron chi connectivity index (χ1n) is 8.73. The quantitative estimate of drug-likeness (QED) is 0.841. The van der Waals surface area contributed by atoms with Crippen LogP contribution in [0.25, 0.3) is 11.0 Å². The summed E-state index contributed by atoms with van der Waals surface area (Å²) in [5, 5.41) is 0. The SMILES string of the molecule is Cn1cnc2cc(C(=O)N3CCN(C(=O)CC(C)(C)C)CC3)ccc21. The highest BCUT2D eigenvalue weighted by Crippen LogP contribution is 2.21. The predicted octanol–water partition coefficient (Wildman–Crippen LogP) is 2.29. The summed E-state index contributed by atoms with van der Waals surface area (Å²) in [4.78, 5) is 33.1. The van der Waals surface area contributed by atoms with Gasteiger partial charge in [0.1, 0.15) is 0 Å². The number of rotatable bonds is 2. The number of fused-ring (bicyclic) bond motifs is 1. The molecule has 0 N–H and O–H groups in total. The molecule has 0 unspecified atom stereocenters. The van der Waals surface area contributed by atoms with Gasteiger partial charge < -0.3 is 14.4 Å². The molecule has 0 bridgehead atoms. The van der Waals surface area contributed by atoms with Crippen LogP contribution in [-0.4, -0.2) is 57.3 Å². The summed E-state index contributed by atoms with van der Waals surface area (Å²) in [5.41, 5.74) is 2.48. The minimum Gasteiger partial charge on any atom is -0.339 e. The molecule has 0 aliphatic carbocycles. The molecule has 6 heteroatoms. The van der Waals surface area contributed by atoms with Crippen LogP contribution in [0, 0.1) is 5.41 Å². The van der Waals surface area contributed by atoms with Crippen molar-refractivity contribution in [2.75, 3.05) is 26.2 Å². The van der Waals surface area contributed by atoms with E-state index in [1.165, 1.54) is 0 Å². The predicted molar refractivity (Wildman–Crippen MR) is 97.3 cm³/mol. The number of benzene rings is 1. The lowest BCUT2D eigenvalue weighted by atomic mass is 9.91. The minimum atomic E-state index is -0.0118. The monoisotopic (exact) mass is 342 g/mol. The number of nitrogens with zero attached hydrogens (tertiary/aromatic N) is 4. The molecule has 1 aromatic heterocycles. The lowest BCUT2D eigenvalue weighted by Gasteiger charge is -2.36. The number of carbonyl (C=O) groups is 2. The highest BCUT2D eigenvalue weighted by Gasteiger charge is 2.27. The largest absolute Gasteiger partial charge is 0.339 e. The molecule has 2 heterocycles. The molecule has 2 aromatic rings. The molecule has 1 saturated heterocycles. The average molecular weight is 342 g/mol. The Labute approximate surface area is 148 Å². The molecule has 3 rings (SSSR count). The maximum Gasteiger partial charge on any atom is 0.254 e. The summed E-state index contributed by atoms with van der Waals surface area (Å²) in [6.45, 7) is 8.57. The molecular formula is C19H26N4O2. The molecule has 1 aliphatic rings. The third-order valence-corrected chi connectivity index (χ3v) is 4.57. The molecule has 0 radical (unpaired) electrons. The number of amides is 2. The lowest BCUT2D eigenvalue weighted by molar-refractivity contribution is -0.134. The van der Waals surface area contributed by atoms with Gasteiger partial charge in [0.2, 0.25) is 5.91 Å². The Morgan fingerprint density at radius 3 is 2.36 bits per heavy atom. The maximum atomic E-state index is 12.7. The molecule has 0 saturated carbocycles. The molecular weight excluding hydrogens is 316 g/mol. The van der Waals surface area contributed by atoms with E-state index in [9.17, 15) is 9.59 Å². The third-order valence-electron chi connectivity index (χ3n) is 4.57. The van der Waals surface area contributed by atoms with E-state index in [-0.39, 0.29) is 17.2 Å². The first kappa shape index (κ1) is 17.5. The van der Waals surface area contributed by atoms with Crippen molar-refractivity contribution >= 4 is 22.8 Å². The molecule has 1 fully saturated rings. The molecule has 6 nitrogen and oxygen atoms in total. The Morgan fingerprint density at radius 2 is 1.72 bits per heavy atom. The fourth-order valence-corrected chi connectivity index (χ4v) is 3.18. The Hall–Kier alpha value is -2.37. The van der Waals surface area contributed by atoms with E-state index >= 15 is 0 Å². The minimum absolute atomic E-state index is 0.00970. The zero-order valence-electron chi connectivity index (χ0n) is 15.5. The topological polar surface area (TPSA) is 58.4 Å². The number of aromatic nitrogens is 2. The average Bonchev–Trinajstić information content (AvgIpc) is 2.93. The summed E-state index contributed by atoms with van der Waals surface area (Å²) < 4.78 is 1.93. The van der Waals surface area contributed by atoms with Gasteiger partial charge in [0.05, 0.1) is 17.4 Å². The van der Waals surface area contributed by atoms with E-state index < -0.39 is 0 Å². The van der Waals surface area contributed by atoms with Gasteiger partial charge in [-0.2, -0.15) is 0 Å². The summed E-state index contributed by atoms with van der Waals surface area (Å²) in [6.07, 6.45) is 2.29. The zero-order valence-corrected chi connectivity index (χ0v) is 15.5. The normalized spacial score (nSPS) is 15.7. The van der Waals surface area contributed by atoms with Gasteiger partial charge in [-0.3, -0.25) is 9.59 Å². The number of imidazole rings is 1. The summed E-state index contributed by atoms with van der Waals surface area (Å²) in [7, 11) is 1.94. The van der Waals surface area contributed by atoms with Crippen LogP contribution in [0.15, 0.2) is 24.5 Å². The van der Waals surface area contributed by atoms with E-state index in [1.54, 1.807) is 6.33 Å². The number of piperazine rings is 1. The van der Waals surface area contributed by atoms with Gasteiger partial charge in [0, 0.05) is 45.2 Å². The number of aryl methyl sites for hydroxylation is 1. The van der Waals surface area contributed by atoms with Crippen LogP contribution < -0.4 is 0 Å². The Balaban J connectivity index is 1.63. The van der Waals surface area contributed by atoms with Crippen molar-refractivity contribution in [3.63, 3.8) is 0 Å². The van der Waals surface area contributed by atoms with Gasteiger partial charge >= 0.3 is 0 Å². The fraction of sp³-hybridized carbons (Fsp3) is 0.526. The molecule has 2 amide bonds. The second-order valence-electron chi connectivity index (χ2n) is 7.97. The van der Waals surface area contributed by atoms with Crippen LogP contribution in [0.4, 0.5) is 0 Å². The first-order valence-corrected chi connectivity index (χ1v) is 8.73.